The number of H-pyrrole nitrogens is 1. The van der Waals surface area contributed by atoms with Crippen LogP contribution in [0.15, 0.2) is 35.1 Å². The van der Waals surface area contributed by atoms with Gasteiger partial charge in [0.05, 0.1) is 16.6 Å². The number of aryl methyl sites for hydroxylation is 3. The number of fused-ring (bicyclic) bond motifs is 1. The smallest absolute Gasteiger partial charge is 0.280 e. The Bertz CT molecular complexity index is 1170. The van der Waals surface area contributed by atoms with Gasteiger partial charge in [-0.3, -0.25) is 14.7 Å². The van der Waals surface area contributed by atoms with E-state index in [1.54, 1.807) is 0 Å². The zero-order valence-corrected chi connectivity index (χ0v) is 17.7. The van der Waals surface area contributed by atoms with Crippen LogP contribution in [0.5, 0.6) is 0 Å². The summed E-state index contributed by atoms with van der Waals surface area (Å²) in [4.78, 5) is 31.3. The third-order valence-corrected chi connectivity index (χ3v) is 5.87. The van der Waals surface area contributed by atoms with E-state index in [4.69, 9.17) is 0 Å². The van der Waals surface area contributed by atoms with Gasteiger partial charge in [-0.05, 0) is 44.0 Å². The third kappa shape index (κ3) is 3.67. The molecular weight excluding hydrogens is 378 g/mol. The van der Waals surface area contributed by atoms with Crippen LogP contribution >= 0.6 is 0 Å². The Balaban J connectivity index is 1.54. The molecule has 0 aliphatic carbocycles. The first-order valence-electron chi connectivity index (χ1n) is 10.5. The number of carbonyl (C=O) groups excluding carboxylic acids is 1. The summed E-state index contributed by atoms with van der Waals surface area (Å²) in [5, 5.41) is 7.81. The molecule has 0 radical (unpaired) electrons. The van der Waals surface area contributed by atoms with Gasteiger partial charge in [0.1, 0.15) is 5.82 Å². The van der Waals surface area contributed by atoms with Gasteiger partial charge < -0.3 is 9.47 Å². The number of nitrogens with one attached hydrogen (secondary N) is 1. The number of rotatable bonds is 5. The number of aromatic nitrogens is 4. The molecule has 0 bridgehead atoms. The number of aromatic amines is 1. The van der Waals surface area contributed by atoms with Crippen LogP contribution in [0, 0.1) is 13.8 Å². The Morgan fingerprint density at radius 3 is 2.70 bits per heavy atom. The van der Waals surface area contributed by atoms with Gasteiger partial charge in [-0.1, -0.05) is 19.1 Å². The first-order chi connectivity index (χ1) is 14.5. The lowest BCUT2D eigenvalue weighted by atomic mass is 10.1. The maximum absolute atomic E-state index is 12.7. The Morgan fingerprint density at radius 2 is 2.03 bits per heavy atom. The lowest BCUT2D eigenvalue weighted by Crippen LogP contribution is -2.35. The molecule has 1 amide bonds. The lowest BCUT2D eigenvalue weighted by molar-refractivity contribution is -0.130. The second-order valence-corrected chi connectivity index (χ2v) is 7.74. The van der Waals surface area contributed by atoms with Crippen LogP contribution in [0.3, 0.4) is 0 Å². The summed E-state index contributed by atoms with van der Waals surface area (Å²) < 4.78 is 2.09. The van der Waals surface area contributed by atoms with Gasteiger partial charge in [0.25, 0.3) is 5.56 Å². The minimum Gasteiger partial charge on any atom is -0.339 e. The van der Waals surface area contributed by atoms with Gasteiger partial charge in [0.2, 0.25) is 5.91 Å². The van der Waals surface area contributed by atoms with E-state index in [-0.39, 0.29) is 11.5 Å². The lowest BCUT2D eigenvalue weighted by Gasteiger charge is -2.29. The van der Waals surface area contributed by atoms with Gasteiger partial charge in [0, 0.05) is 43.7 Å². The predicted octanol–water partition coefficient (Wildman–Crippen LogP) is 3.00. The van der Waals surface area contributed by atoms with Gasteiger partial charge in [-0.2, -0.15) is 10.1 Å². The van der Waals surface area contributed by atoms with Crippen molar-refractivity contribution in [1.82, 2.24) is 24.6 Å². The fourth-order valence-corrected chi connectivity index (χ4v) is 4.19. The van der Waals surface area contributed by atoms with Gasteiger partial charge >= 0.3 is 0 Å². The molecule has 2 aromatic heterocycles. The average molecular weight is 406 g/mol. The van der Waals surface area contributed by atoms with Crippen LogP contribution in [0.1, 0.15) is 42.5 Å². The SMILES string of the molecule is CCc1nc(=O)c2ccccc2n1C1=CCN(C(=O)CCc2c(C)n[nH]c2C)CC1. The van der Waals surface area contributed by atoms with Crippen molar-refractivity contribution in [2.24, 2.45) is 0 Å². The van der Waals surface area contributed by atoms with Crippen LogP contribution in [-0.2, 0) is 17.6 Å². The molecule has 3 aromatic rings. The Morgan fingerprint density at radius 1 is 1.23 bits per heavy atom. The largest absolute Gasteiger partial charge is 0.339 e. The van der Waals surface area contributed by atoms with Crippen molar-refractivity contribution in [1.29, 1.82) is 0 Å². The number of hydrogen-bond acceptors (Lipinski definition) is 4. The zero-order chi connectivity index (χ0) is 21.3. The molecule has 1 aliphatic heterocycles. The normalized spacial score (nSPS) is 14.2. The van der Waals surface area contributed by atoms with Crippen LogP contribution < -0.4 is 5.56 Å². The molecule has 4 rings (SSSR count). The Labute approximate surface area is 175 Å². The molecule has 1 aromatic carbocycles. The van der Waals surface area contributed by atoms with E-state index in [2.05, 4.69) is 25.8 Å². The highest BCUT2D eigenvalue weighted by Crippen LogP contribution is 2.23. The molecule has 0 fully saturated rings. The highest BCUT2D eigenvalue weighted by molar-refractivity contribution is 5.82. The Kier molecular flexibility index (Phi) is 5.53. The van der Waals surface area contributed by atoms with Crippen LogP contribution in [0.2, 0.25) is 0 Å². The van der Waals surface area contributed by atoms with E-state index < -0.39 is 0 Å². The minimum absolute atomic E-state index is 0.156. The number of nitrogens with zero attached hydrogens (tertiary/aromatic N) is 4. The molecule has 7 heteroatoms. The molecule has 0 unspecified atom stereocenters. The van der Waals surface area contributed by atoms with Crippen molar-refractivity contribution in [2.75, 3.05) is 13.1 Å². The fraction of sp³-hybridized carbons (Fsp3) is 0.391. The highest BCUT2D eigenvalue weighted by Gasteiger charge is 2.21. The monoisotopic (exact) mass is 405 g/mol. The van der Waals surface area contributed by atoms with E-state index in [1.807, 2.05) is 49.9 Å². The number of benzene rings is 1. The molecule has 30 heavy (non-hydrogen) atoms. The average Bonchev–Trinajstić information content (AvgIpc) is 3.09. The number of para-hydroxylation sites is 1. The summed E-state index contributed by atoms with van der Waals surface area (Å²) in [5.74, 6) is 0.916. The van der Waals surface area contributed by atoms with E-state index in [0.717, 1.165) is 40.4 Å². The second kappa shape index (κ2) is 8.26. The Hall–Kier alpha value is -3.22. The van der Waals surface area contributed by atoms with Crippen molar-refractivity contribution in [3.05, 3.63) is 63.5 Å². The summed E-state index contributed by atoms with van der Waals surface area (Å²) in [5.41, 5.74) is 4.93. The third-order valence-electron chi connectivity index (χ3n) is 5.87. The molecule has 7 nitrogen and oxygen atoms in total. The summed E-state index contributed by atoms with van der Waals surface area (Å²) >= 11 is 0. The molecule has 3 heterocycles. The summed E-state index contributed by atoms with van der Waals surface area (Å²) in [7, 11) is 0. The standard InChI is InChI=1S/C23H27N5O2/c1-4-21-24-23(30)19-7-5-6-8-20(19)28(21)17-11-13-27(14-12-17)22(29)10-9-18-15(2)25-26-16(18)3/h5-8,11H,4,9-10,12-14H2,1-3H3,(H,25,26). The van der Waals surface area contributed by atoms with E-state index in [9.17, 15) is 9.59 Å². The molecule has 0 spiro atoms. The molecular formula is C23H27N5O2. The zero-order valence-electron chi connectivity index (χ0n) is 17.7. The van der Waals surface area contributed by atoms with E-state index >= 15 is 0 Å². The van der Waals surface area contributed by atoms with Gasteiger partial charge in [0.15, 0.2) is 0 Å². The fourth-order valence-electron chi connectivity index (χ4n) is 4.19. The first-order valence-corrected chi connectivity index (χ1v) is 10.5. The molecule has 0 atom stereocenters. The van der Waals surface area contributed by atoms with Crippen molar-refractivity contribution in [3.63, 3.8) is 0 Å². The van der Waals surface area contributed by atoms with E-state index in [0.29, 0.717) is 37.7 Å². The number of hydrogen-bond donors (Lipinski definition) is 1. The second-order valence-electron chi connectivity index (χ2n) is 7.74. The first kappa shape index (κ1) is 20.1. The van der Waals surface area contributed by atoms with Crippen LogP contribution in [0.4, 0.5) is 0 Å². The van der Waals surface area contributed by atoms with Crippen molar-refractivity contribution < 1.29 is 4.79 Å². The minimum atomic E-state index is -0.184. The number of carbonyl (C=O) groups is 1. The highest BCUT2D eigenvalue weighted by atomic mass is 16.2. The molecule has 0 saturated carbocycles. The van der Waals surface area contributed by atoms with Crippen molar-refractivity contribution in [3.8, 4) is 0 Å². The van der Waals surface area contributed by atoms with Crippen LogP contribution in [-0.4, -0.2) is 43.6 Å². The van der Waals surface area contributed by atoms with Crippen molar-refractivity contribution >= 4 is 22.5 Å². The molecule has 156 valence electrons. The summed E-state index contributed by atoms with van der Waals surface area (Å²) in [6.45, 7) is 7.20. The maximum Gasteiger partial charge on any atom is 0.280 e. The van der Waals surface area contributed by atoms with Gasteiger partial charge in [-0.15, -0.1) is 0 Å². The maximum atomic E-state index is 12.7. The summed E-state index contributed by atoms with van der Waals surface area (Å²) in [6, 6.07) is 7.59. The molecule has 1 aliphatic rings. The number of amides is 1. The topological polar surface area (TPSA) is 83.9 Å². The quantitative estimate of drug-likeness (QED) is 0.707. The molecule has 1 N–H and O–H groups in total. The van der Waals surface area contributed by atoms with Crippen LogP contribution in [0.25, 0.3) is 16.6 Å². The van der Waals surface area contributed by atoms with Crippen molar-refractivity contribution in [2.45, 2.75) is 46.5 Å². The van der Waals surface area contributed by atoms with E-state index in [1.165, 1.54) is 0 Å². The summed E-state index contributed by atoms with van der Waals surface area (Å²) in [6.07, 6.45) is 4.68. The molecule has 0 saturated heterocycles. The predicted molar refractivity (Wildman–Crippen MR) is 117 cm³/mol. The van der Waals surface area contributed by atoms with Gasteiger partial charge in [-0.25, -0.2) is 0 Å².